The number of benzene rings is 1. The number of carbonyl (C=O) groups excluding carboxylic acids is 1. The predicted molar refractivity (Wildman–Crippen MR) is 70.8 cm³/mol. The van der Waals surface area contributed by atoms with Gasteiger partial charge in [-0.2, -0.15) is 0 Å². The highest BCUT2D eigenvalue weighted by atomic mass is 19.1. The number of hydrogen-bond donors (Lipinski definition) is 2. The molecule has 0 aromatic heterocycles. The van der Waals surface area contributed by atoms with Gasteiger partial charge < -0.3 is 15.2 Å². The van der Waals surface area contributed by atoms with Crippen molar-refractivity contribution in [2.24, 2.45) is 11.8 Å². The number of halogens is 1. The van der Waals surface area contributed by atoms with Crippen LogP contribution in [0.1, 0.15) is 18.4 Å². The standard InChI is InChI=1S/C15H16FNO4/c16-9-3-1-8(2-4-9)7-17-14(18)12-10-5-6-11(21-10)13(12)15(19)20/h1-4,10-13H,5-7H2,(H,17,18)(H,19,20)/t10-,11+,12+,13+/m0/s1. The zero-order chi connectivity index (χ0) is 15.0. The lowest BCUT2D eigenvalue weighted by Gasteiger charge is -2.23. The fraction of sp³-hybridized carbons (Fsp3) is 0.467. The quantitative estimate of drug-likeness (QED) is 0.878. The summed E-state index contributed by atoms with van der Waals surface area (Å²) >= 11 is 0. The molecule has 2 saturated heterocycles. The Bertz CT molecular complexity index is 559. The van der Waals surface area contributed by atoms with Crippen LogP contribution < -0.4 is 5.32 Å². The third-order valence-corrected chi connectivity index (χ3v) is 4.24. The minimum absolute atomic E-state index is 0.249. The first-order chi connectivity index (χ1) is 10.1. The van der Waals surface area contributed by atoms with Crippen LogP contribution in [0.5, 0.6) is 0 Å². The Hall–Kier alpha value is -1.95. The molecule has 112 valence electrons. The second kappa shape index (κ2) is 5.44. The Morgan fingerprint density at radius 3 is 2.43 bits per heavy atom. The molecule has 0 unspecified atom stereocenters. The van der Waals surface area contributed by atoms with Crippen molar-refractivity contribution in [3.8, 4) is 0 Å². The Kier molecular flexibility index (Phi) is 3.63. The van der Waals surface area contributed by atoms with Crippen LogP contribution in [-0.2, 0) is 20.9 Å². The number of hydrogen-bond acceptors (Lipinski definition) is 3. The van der Waals surface area contributed by atoms with E-state index in [4.69, 9.17) is 4.74 Å². The van der Waals surface area contributed by atoms with Crippen LogP contribution in [0.3, 0.4) is 0 Å². The first kappa shape index (κ1) is 14.0. The lowest BCUT2D eigenvalue weighted by Crippen LogP contribution is -2.43. The molecule has 5 nitrogen and oxygen atoms in total. The summed E-state index contributed by atoms with van der Waals surface area (Å²) in [7, 11) is 0. The molecule has 2 aliphatic heterocycles. The van der Waals surface area contributed by atoms with Crippen LogP contribution in [0, 0.1) is 17.7 Å². The molecule has 0 radical (unpaired) electrons. The number of carboxylic acid groups (broad SMARTS) is 1. The average molecular weight is 293 g/mol. The molecular formula is C15H16FNO4. The molecule has 6 heteroatoms. The molecule has 2 N–H and O–H groups in total. The summed E-state index contributed by atoms with van der Waals surface area (Å²) in [6.45, 7) is 0.249. The zero-order valence-corrected chi connectivity index (χ0v) is 11.3. The van der Waals surface area contributed by atoms with Crippen LogP contribution >= 0.6 is 0 Å². The third kappa shape index (κ3) is 2.63. The number of ether oxygens (including phenoxy) is 1. The highest BCUT2D eigenvalue weighted by Gasteiger charge is 2.55. The lowest BCUT2D eigenvalue weighted by molar-refractivity contribution is -0.147. The van der Waals surface area contributed by atoms with Gasteiger partial charge in [0, 0.05) is 6.54 Å². The van der Waals surface area contributed by atoms with Crippen molar-refractivity contribution in [2.75, 3.05) is 0 Å². The molecule has 2 fully saturated rings. The summed E-state index contributed by atoms with van der Waals surface area (Å²) in [5.74, 6) is -3.03. The topological polar surface area (TPSA) is 75.6 Å². The number of rotatable bonds is 4. The fourth-order valence-electron chi connectivity index (χ4n) is 3.23. The van der Waals surface area contributed by atoms with Crippen LogP contribution in [0.2, 0.25) is 0 Å². The molecule has 21 heavy (non-hydrogen) atoms. The van der Waals surface area contributed by atoms with E-state index in [0.717, 1.165) is 12.0 Å². The van der Waals surface area contributed by atoms with Crippen LogP contribution in [0.25, 0.3) is 0 Å². The van der Waals surface area contributed by atoms with Crippen molar-refractivity contribution in [2.45, 2.75) is 31.6 Å². The SMILES string of the molecule is O=C(NCc1ccc(F)cc1)[C@H]1[C@H](C(=O)O)[C@H]2CC[C@@H]1O2. The molecule has 0 aliphatic carbocycles. The minimum Gasteiger partial charge on any atom is -0.481 e. The van der Waals surface area contributed by atoms with Crippen molar-refractivity contribution in [1.82, 2.24) is 5.32 Å². The summed E-state index contributed by atoms with van der Waals surface area (Å²) in [5, 5.41) is 12.0. The highest BCUT2D eigenvalue weighted by Crippen LogP contribution is 2.43. The number of nitrogens with one attached hydrogen (secondary N) is 1. The molecule has 0 saturated carbocycles. The van der Waals surface area contributed by atoms with Gasteiger partial charge in [0.1, 0.15) is 5.82 Å². The maximum absolute atomic E-state index is 12.8. The van der Waals surface area contributed by atoms with Gasteiger partial charge in [-0.15, -0.1) is 0 Å². The van der Waals surface area contributed by atoms with Crippen molar-refractivity contribution in [3.63, 3.8) is 0 Å². The molecule has 2 aliphatic rings. The number of fused-ring (bicyclic) bond motifs is 2. The molecule has 4 atom stereocenters. The first-order valence-electron chi connectivity index (χ1n) is 6.96. The van der Waals surface area contributed by atoms with Gasteiger partial charge in [-0.1, -0.05) is 12.1 Å². The Labute approximate surface area is 121 Å². The van der Waals surface area contributed by atoms with Crippen molar-refractivity contribution >= 4 is 11.9 Å². The van der Waals surface area contributed by atoms with Gasteiger partial charge in [-0.25, -0.2) is 4.39 Å². The molecule has 1 aromatic rings. The van der Waals surface area contributed by atoms with Gasteiger partial charge in [-0.05, 0) is 30.5 Å². The van der Waals surface area contributed by atoms with E-state index in [1.807, 2.05) is 0 Å². The Balaban J connectivity index is 1.64. The van der Waals surface area contributed by atoms with E-state index in [1.165, 1.54) is 12.1 Å². The second-order valence-electron chi connectivity index (χ2n) is 5.52. The number of carbonyl (C=O) groups is 2. The van der Waals surface area contributed by atoms with E-state index in [0.29, 0.717) is 6.42 Å². The first-order valence-corrected chi connectivity index (χ1v) is 6.96. The maximum atomic E-state index is 12.8. The van der Waals surface area contributed by atoms with Gasteiger partial charge >= 0.3 is 5.97 Å². The van der Waals surface area contributed by atoms with Gasteiger partial charge in [-0.3, -0.25) is 9.59 Å². The fourth-order valence-corrected chi connectivity index (χ4v) is 3.23. The van der Waals surface area contributed by atoms with E-state index in [1.54, 1.807) is 12.1 Å². The Morgan fingerprint density at radius 1 is 1.19 bits per heavy atom. The number of aliphatic carboxylic acids is 1. The highest BCUT2D eigenvalue weighted by molar-refractivity contribution is 5.86. The molecule has 2 heterocycles. The Morgan fingerprint density at radius 2 is 1.81 bits per heavy atom. The summed E-state index contributed by atoms with van der Waals surface area (Å²) in [6, 6.07) is 5.81. The monoisotopic (exact) mass is 293 g/mol. The van der Waals surface area contributed by atoms with Crippen molar-refractivity contribution < 1.29 is 23.8 Å². The second-order valence-corrected chi connectivity index (χ2v) is 5.52. The smallest absolute Gasteiger partial charge is 0.310 e. The van der Waals surface area contributed by atoms with E-state index in [9.17, 15) is 19.1 Å². The normalized spacial score (nSPS) is 30.3. The minimum atomic E-state index is -0.982. The van der Waals surface area contributed by atoms with Crippen molar-refractivity contribution in [3.05, 3.63) is 35.6 Å². The van der Waals surface area contributed by atoms with Crippen molar-refractivity contribution in [1.29, 1.82) is 0 Å². The summed E-state index contributed by atoms with van der Waals surface area (Å²) in [4.78, 5) is 23.6. The number of amides is 1. The zero-order valence-electron chi connectivity index (χ0n) is 11.3. The van der Waals surface area contributed by atoms with Gasteiger partial charge in [0.25, 0.3) is 0 Å². The molecule has 1 amide bonds. The molecular weight excluding hydrogens is 277 g/mol. The van der Waals surface area contributed by atoms with Gasteiger partial charge in [0.2, 0.25) is 5.91 Å². The van der Waals surface area contributed by atoms with Crippen LogP contribution in [-0.4, -0.2) is 29.2 Å². The van der Waals surface area contributed by atoms with E-state index in [2.05, 4.69) is 5.32 Å². The average Bonchev–Trinajstić information content (AvgIpc) is 3.06. The predicted octanol–water partition coefficient (Wildman–Crippen LogP) is 1.32. The summed E-state index contributed by atoms with van der Waals surface area (Å²) in [6.07, 6.45) is 0.769. The van der Waals surface area contributed by atoms with Gasteiger partial charge in [0.05, 0.1) is 24.0 Å². The lowest BCUT2D eigenvalue weighted by atomic mass is 9.78. The van der Waals surface area contributed by atoms with Crippen LogP contribution in [0.4, 0.5) is 4.39 Å². The largest absolute Gasteiger partial charge is 0.481 e. The molecule has 0 spiro atoms. The van der Waals surface area contributed by atoms with E-state index < -0.39 is 17.8 Å². The van der Waals surface area contributed by atoms with Crippen LogP contribution in [0.15, 0.2) is 24.3 Å². The van der Waals surface area contributed by atoms with E-state index in [-0.39, 0.29) is 30.5 Å². The van der Waals surface area contributed by atoms with Gasteiger partial charge in [0.15, 0.2) is 0 Å². The summed E-state index contributed by atoms with van der Waals surface area (Å²) < 4.78 is 18.4. The maximum Gasteiger partial charge on any atom is 0.310 e. The number of carboxylic acids is 1. The van der Waals surface area contributed by atoms with E-state index >= 15 is 0 Å². The molecule has 1 aromatic carbocycles. The summed E-state index contributed by atoms with van der Waals surface area (Å²) in [5.41, 5.74) is 0.765. The molecule has 3 rings (SSSR count). The third-order valence-electron chi connectivity index (χ3n) is 4.24. The molecule has 2 bridgehead atoms.